The van der Waals surface area contributed by atoms with Crippen LogP contribution in [0.3, 0.4) is 0 Å². The Bertz CT molecular complexity index is 711. The normalized spacial score (nSPS) is 17.9. The van der Waals surface area contributed by atoms with Crippen LogP contribution in [0.1, 0.15) is 41.7 Å². The van der Waals surface area contributed by atoms with E-state index in [0.29, 0.717) is 17.9 Å². The van der Waals surface area contributed by atoms with Crippen LogP contribution < -0.4 is 10.1 Å². The van der Waals surface area contributed by atoms with Crippen LogP contribution >= 0.6 is 0 Å². The first kappa shape index (κ1) is 17.4. The third kappa shape index (κ3) is 4.79. The molecular weight excluding hydrogens is 321 g/mol. The quantitative estimate of drug-likeness (QED) is 0.866. The summed E-state index contributed by atoms with van der Waals surface area (Å²) in [6, 6.07) is 13.0. The molecule has 1 saturated heterocycles. The number of rotatable bonds is 6. The van der Waals surface area contributed by atoms with Crippen molar-refractivity contribution in [2.45, 2.75) is 31.9 Å². The number of halogens is 1. The molecule has 2 aromatic rings. The third-order valence-corrected chi connectivity index (χ3v) is 4.27. The second kappa shape index (κ2) is 8.12. The van der Waals surface area contributed by atoms with Gasteiger partial charge in [-0.05, 0) is 55.7 Å². The molecule has 0 radical (unpaired) electrons. The van der Waals surface area contributed by atoms with Gasteiger partial charge in [-0.2, -0.15) is 0 Å². The predicted octanol–water partition coefficient (Wildman–Crippen LogP) is 3.87. The van der Waals surface area contributed by atoms with Gasteiger partial charge in [0.25, 0.3) is 5.91 Å². The van der Waals surface area contributed by atoms with Crippen molar-refractivity contribution in [3.63, 3.8) is 0 Å². The van der Waals surface area contributed by atoms with E-state index in [1.54, 1.807) is 30.3 Å². The van der Waals surface area contributed by atoms with Crippen LogP contribution in [0.4, 0.5) is 4.39 Å². The SMILES string of the molecule is CC(NC(=O)c1cccc(OCC2CCCO2)c1)c1ccc(F)cc1. The molecule has 1 aliphatic heterocycles. The topological polar surface area (TPSA) is 47.6 Å². The molecule has 1 N–H and O–H groups in total. The van der Waals surface area contributed by atoms with Gasteiger partial charge >= 0.3 is 0 Å². The van der Waals surface area contributed by atoms with Crippen LogP contribution in [0.2, 0.25) is 0 Å². The Kier molecular flexibility index (Phi) is 5.66. The fraction of sp³-hybridized carbons (Fsp3) is 0.350. The molecule has 1 heterocycles. The summed E-state index contributed by atoms with van der Waals surface area (Å²) in [5, 5.41) is 2.91. The molecule has 1 amide bonds. The highest BCUT2D eigenvalue weighted by Crippen LogP contribution is 2.18. The maximum absolute atomic E-state index is 13.0. The Morgan fingerprint density at radius 1 is 1.32 bits per heavy atom. The van der Waals surface area contributed by atoms with Crippen molar-refractivity contribution in [2.24, 2.45) is 0 Å². The summed E-state index contributed by atoms with van der Waals surface area (Å²) in [5.74, 6) is 0.162. The molecule has 1 aliphatic rings. The predicted molar refractivity (Wildman–Crippen MR) is 93.2 cm³/mol. The van der Waals surface area contributed by atoms with Crippen LogP contribution in [-0.2, 0) is 4.74 Å². The molecule has 0 bridgehead atoms. The number of carbonyl (C=O) groups is 1. The zero-order chi connectivity index (χ0) is 17.6. The minimum Gasteiger partial charge on any atom is -0.491 e. The first-order valence-electron chi connectivity index (χ1n) is 8.52. The molecule has 5 heteroatoms. The minimum absolute atomic E-state index is 0.135. The van der Waals surface area contributed by atoms with Gasteiger partial charge in [-0.15, -0.1) is 0 Å². The van der Waals surface area contributed by atoms with Crippen molar-refractivity contribution in [3.05, 3.63) is 65.5 Å². The minimum atomic E-state index is -0.293. The highest BCUT2D eigenvalue weighted by atomic mass is 19.1. The van der Waals surface area contributed by atoms with E-state index < -0.39 is 0 Å². The van der Waals surface area contributed by atoms with Crippen molar-refractivity contribution in [2.75, 3.05) is 13.2 Å². The Morgan fingerprint density at radius 2 is 2.12 bits per heavy atom. The number of carbonyl (C=O) groups excluding carboxylic acids is 1. The van der Waals surface area contributed by atoms with E-state index >= 15 is 0 Å². The number of benzene rings is 2. The summed E-state index contributed by atoms with van der Waals surface area (Å²) in [5.41, 5.74) is 1.37. The number of amides is 1. The molecule has 2 unspecified atom stereocenters. The summed E-state index contributed by atoms with van der Waals surface area (Å²) in [7, 11) is 0. The van der Waals surface area contributed by atoms with Gasteiger partial charge in [-0.1, -0.05) is 18.2 Å². The lowest BCUT2D eigenvalue weighted by atomic mass is 10.1. The van der Waals surface area contributed by atoms with Crippen LogP contribution in [0.25, 0.3) is 0 Å². The fourth-order valence-electron chi connectivity index (χ4n) is 2.81. The van der Waals surface area contributed by atoms with Gasteiger partial charge in [-0.25, -0.2) is 4.39 Å². The van der Waals surface area contributed by atoms with Crippen LogP contribution in [-0.4, -0.2) is 25.2 Å². The van der Waals surface area contributed by atoms with Crippen molar-refractivity contribution in [1.29, 1.82) is 0 Å². The lowest BCUT2D eigenvalue weighted by molar-refractivity contribution is 0.0679. The standard InChI is InChI=1S/C20H22FNO3/c1-14(15-7-9-17(21)10-8-15)22-20(23)16-4-2-5-18(12-16)25-13-19-6-3-11-24-19/h2,4-5,7-10,12,14,19H,3,6,11,13H2,1H3,(H,22,23). The van der Waals surface area contributed by atoms with Crippen molar-refractivity contribution < 1.29 is 18.7 Å². The Balaban J connectivity index is 1.59. The Labute approximate surface area is 147 Å². The monoisotopic (exact) mass is 343 g/mol. The summed E-state index contributed by atoms with van der Waals surface area (Å²) >= 11 is 0. The van der Waals surface area contributed by atoms with Gasteiger partial charge in [0, 0.05) is 12.2 Å². The molecule has 0 aromatic heterocycles. The summed E-state index contributed by atoms with van der Waals surface area (Å²) < 4.78 is 24.3. The zero-order valence-corrected chi connectivity index (χ0v) is 14.2. The van der Waals surface area contributed by atoms with E-state index in [1.807, 2.05) is 13.0 Å². The molecule has 3 rings (SSSR count). The van der Waals surface area contributed by atoms with E-state index in [9.17, 15) is 9.18 Å². The lowest BCUT2D eigenvalue weighted by Crippen LogP contribution is -2.26. The van der Waals surface area contributed by atoms with Crippen molar-refractivity contribution >= 4 is 5.91 Å². The van der Waals surface area contributed by atoms with Gasteiger partial charge < -0.3 is 14.8 Å². The van der Waals surface area contributed by atoms with E-state index in [0.717, 1.165) is 25.0 Å². The summed E-state index contributed by atoms with van der Waals surface area (Å²) in [4.78, 5) is 12.4. The summed E-state index contributed by atoms with van der Waals surface area (Å²) in [6.45, 7) is 3.15. The van der Waals surface area contributed by atoms with E-state index in [1.165, 1.54) is 12.1 Å². The smallest absolute Gasteiger partial charge is 0.251 e. The highest BCUT2D eigenvalue weighted by molar-refractivity contribution is 5.94. The van der Waals surface area contributed by atoms with E-state index in [4.69, 9.17) is 9.47 Å². The summed E-state index contributed by atoms with van der Waals surface area (Å²) in [6.07, 6.45) is 2.21. The first-order valence-corrected chi connectivity index (χ1v) is 8.52. The molecule has 1 fully saturated rings. The number of ether oxygens (including phenoxy) is 2. The maximum atomic E-state index is 13.0. The van der Waals surface area contributed by atoms with Gasteiger partial charge in [0.05, 0.1) is 12.1 Å². The molecule has 132 valence electrons. The zero-order valence-electron chi connectivity index (χ0n) is 14.2. The van der Waals surface area contributed by atoms with Crippen LogP contribution in [0, 0.1) is 5.82 Å². The van der Waals surface area contributed by atoms with Gasteiger partial charge in [0.15, 0.2) is 0 Å². The van der Waals surface area contributed by atoms with E-state index in [2.05, 4.69) is 5.32 Å². The largest absolute Gasteiger partial charge is 0.491 e. The Hall–Kier alpha value is -2.40. The number of nitrogens with one attached hydrogen (secondary N) is 1. The fourth-order valence-corrected chi connectivity index (χ4v) is 2.81. The molecule has 0 spiro atoms. The molecule has 4 nitrogen and oxygen atoms in total. The van der Waals surface area contributed by atoms with Gasteiger partial charge in [0.2, 0.25) is 0 Å². The molecular formula is C20H22FNO3. The maximum Gasteiger partial charge on any atom is 0.251 e. The molecule has 25 heavy (non-hydrogen) atoms. The highest BCUT2D eigenvalue weighted by Gasteiger charge is 2.17. The molecule has 0 aliphatic carbocycles. The van der Waals surface area contributed by atoms with E-state index in [-0.39, 0.29) is 23.9 Å². The molecule has 0 saturated carbocycles. The third-order valence-electron chi connectivity index (χ3n) is 4.27. The van der Waals surface area contributed by atoms with Gasteiger partial charge in [-0.3, -0.25) is 4.79 Å². The average Bonchev–Trinajstić information content (AvgIpc) is 3.14. The number of hydrogen-bond donors (Lipinski definition) is 1. The van der Waals surface area contributed by atoms with Crippen molar-refractivity contribution in [3.8, 4) is 5.75 Å². The van der Waals surface area contributed by atoms with Gasteiger partial charge in [0.1, 0.15) is 18.2 Å². The second-order valence-corrected chi connectivity index (χ2v) is 6.22. The van der Waals surface area contributed by atoms with Crippen LogP contribution in [0.15, 0.2) is 48.5 Å². The Morgan fingerprint density at radius 3 is 2.84 bits per heavy atom. The molecule has 2 aromatic carbocycles. The first-order chi connectivity index (χ1) is 12.1. The molecule has 2 atom stereocenters. The number of hydrogen-bond acceptors (Lipinski definition) is 3. The van der Waals surface area contributed by atoms with Crippen molar-refractivity contribution in [1.82, 2.24) is 5.32 Å². The second-order valence-electron chi connectivity index (χ2n) is 6.22. The lowest BCUT2D eigenvalue weighted by Gasteiger charge is -2.15. The van der Waals surface area contributed by atoms with Crippen LogP contribution in [0.5, 0.6) is 5.75 Å². The average molecular weight is 343 g/mol.